The summed E-state index contributed by atoms with van der Waals surface area (Å²) in [6.45, 7) is 0. The number of carbonyl (C=O) groups excluding carboxylic acids is 1. The summed E-state index contributed by atoms with van der Waals surface area (Å²) in [5.41, 5.74) is 1.52. The Kier molecular flexibility index (Phi) is 5.41. The molecule has 0 atom stereocenters. The molecule has 5 heteroatoms. The van der Waals surface area contributed by atoms with Crippen LogP contribution in [0.4, 0.5) is 0 Å². The standard InChI is InChI=1S/C15H11Br3O2/c1-20-15-3-2-11(16)6-10(15)7-14(19)9-4-12(17)8-13(18)5-9/h2-6,8H,7H2,1H3. The number of hydrogen-bond acceptors (Lipinski definition) is 2. The van der Waals surface area contributed by atoms with Gasteiger partial charge in [-0.2, -0.15) is 0 Å². The van der Waals surface area contributed by atoms with Gasteiger partial charge in [0.05, 0.1) is 7.11 Å². The van der Waals surface area contributed by atoms with Crippen LogP contribution in [0.15, 0.2) is 49.8 Å². The summed E-state index contributed by atoms with van der Waals surface area (Å²) in [6, 6.07) is 11.2. The molecule has 0 aliphatic heterocycles. The van der Waals surface area contributed by atoms with Crippen LogP contribution in [0, 0.1) is 0 Å². The number of Topliss-reactive ketones (excluding diaryl/α,β-unsaturated/α-hetero) is 1. The Morgan fingerprint density at radius 1 is 1.00 bits per heavy atom. The molecule has 0 amide bonds. The largest absolute Gasteiger partial charge is 0.496 e. The number of carbonyl (C=O) groups is 1. The third kappa shape index (κ3) is 3.93. The van der Waals surface area contributed by atoms with Gasteiger partial charge in [0.25, 0.3) is 0 Å². The van der Waals surface area contributed by atoms with E-state index in [1.165, 1.54) is 0 Å². The number of halogens is 3. The lowest BCUT2D eigenvalue weighted by Gasteiger charge is -2.09. The second kappa shape index (κ2) is 6.87. The van der Waals surface area contributed by atoms with Crippen LogP contribution in [-0.2, 0) is 6.42 Å². The van der Waals surface area contributed by atoms with Crippen LogP contribution in [0.2, 0.25) is 0 Å². The van der Waals surface area contributed by atoms with Crippen molar-refractivity contribution in [2.45, 2.75) is 6.42 Å². The average molecular weight is 463 g/mol. The highest BCUT2D eigenvalue weighted by molar-refractivity contribution is 9.11. The monoisotopic (exact) mass is 460 g/mol. The molecular weight excluding hydrogens is 452 g/mol. The Hall–Kier alpha value is -0.650. The van der Waals surface area contributed by atoms with E-state index in [1.807, 2.05) is 36.4 Å². The molecule has 0 saturated heterocycles. The first kappa shape index (κ1) is 15.7. The summed E-state index contributed by atoms with van der Waals surface area (Å²) in [7, 11) is 1.60. The zero-order valence-corrected chi connectivity index (χ0v) is 15.4. The zero-order valence-electron chi connectivity index (χ0n) is 10.6. The molecule has 0 bridgehead atoms. The smallest absolute Gasteiger partial charge is 0.167 e. The van der Waals surface area contributed by atoms with E-state index in [2.05, 4.69) is 47.8 Å². The first-order valence-electron chi connectivity index (χ1n) is 5.81. The first-order chi connectivity index (χ1) is 9.49. The Bertz CT molecular complexity index is 633. The molecule has 0 aliphatic carbocycles. The molecule has 2 aromatic carbocycles. The minimum Gasteiger partial charge on any atom is -0.496 e. The van der Waals surface area contributed by atoms with Gasteiger partial charge in [0.2, 0.25) is 0 Å². The average Bonchev–Trinajstić information content (AvgIpc) is 2.37. The highest BCUT2D eigenvalue weighted by Gasteiger charge is 2.12. The Morgan fingerprint density at radius 3 is 2.25 bits per heavy atom. The number of ketones is 1. The fourth-order valence-electron chi connectivity index (χ4n) is 1.88. The lowest BCUT2D eigenvalue weighted by atomic mass is 10.0. The maximum atomic E-state index is 12.4. The second-order valence-electron chi connectivity index (χ2n) is 4.21. The van der Waals surface area contributed by atoms with E-state index in [-0.39, 0.29) is 5.78 Å². The van der Waals surface area contributed by atoms with Crippen molar-refractivity contribution < 1.29 is 9.53 Å². The van der Waals surface area contributed by atoms with Gasteiger partial charge in [0, 0.05) is 31.0 Å². The van der Waals surface area contributed by atoms with Gasteiger partial charge < -0.3 is 4.74 Å². The Labute approximate surface area is 142 Å². The van der Waals surface area contributed by atoms with E-state index in [4.69, 9.17) is 4.74 Å². The minimum atomic E-state index is 0.0448. The molecule has 0 saturated carbocycles. The third-order valence-electron chi connectivity index (χ3n) is 2.78. The molecule has 2 nitrogen and oxygen atoms in total. The SMILES string of the molecule is COc1ccc(Br)cc1CC(=O)c1cc(Br)cc(Br)c1. The van der Waals surface area contributed by atoms with Crippen molar-refractivity contribution in [1.29, 1.82) is 0 Å². The molecule has 0 radical (unpaired) electrons. The van der Waals surface area contributed by atoms with Gasteiger partial charge >= 0.3 is 0 Å². The van der Waals surface area contributed by atoms with Crippen LogP contribution in [0.1, 0.15) is 15.9 Å². The predicted octanol–water partition coefficient (Wildman–Crippen LogP) is 5.41. The molecule has 0 spiro atoms. The maximum Gasteiger partial charge on any atom is 0.167 e. The van der Waals surface area contributed by atoms with Gasteiger partial charge in [0.1, 0.15) is 5.75 Å². The van der Waals surface area contributed by atoms with Crippen LogP contribution in [0.5, 0.6) is 5.75 Å². The van der Waals surface area contributed by atoms with Crippen molar-refractivity contribution in [3.05, 3.63) is 60.9 Å². The normalized spacial score (nSPS) is 10.4. The van der Waals surface area contributed by atoms with Gasteiger partial charge in [-0.15, -0.1) is 0 Å². The first-order valence-corrected chi connectivity index (χ1v) is 8.19. The van der Waals surface area contributed by atoms with Crippen molar-refractivity contribution in [3.8, 4) is 5.75 Å². The molecule has 2 rings (SSSR count). The van der Waals surface area contributed by atoms with Crippen LogP contribution >= 0.6 is 47.8 Å². The minimum absolute atomic E-state index is 0.0448. The number of rotatable bonds is 4. The van der Waals surface area contributed by atoms with Gasteiger partial charge in [-0.3, -0.25) is 4.79 Å². The number of ether oxygens (including phenoxy) is 1. The third-order valence-corrected chi connectivity index (χ3v) is 4.19. The van der Waals surface area contributed by atoms with Crippen LogP contribution in [0.25, 0.3) is 0 Å². The van der Waals surface area contributed by atoms with E-state index in [0.29, 0.717) is 12.0 Å². The van der Waals surface area contributed by atoms with Crippen molar-refractivity contribution in [2.75, 3.05) is 7.11 Å². The Morgan fingerprint density at radius 2 is 1.65 bits per heavy atom. The number of benzene rings is 2. The van der Waals surface area contributed by atoms with Crippen LogP contribution in [-0.4, -0.2) is 12.9 Å². The van der Waals surface area contributed by atoms with E-state index < -0.39 is 0 Å². The fraction of sp³-hybridized carbons (Fsp3) is 0.133. The molecular formula is C15H11Br3O2. The topological polar surface area (TPSA) is 26.3 Å². The molecule has 104 valence electrons. The van der Waals surface area contributed by atoms with Crippen LogP contribution < -0.4 is 4.74 Å². The van der Waals surface area contributed by atoms with Crippen molar-refractivity contribution in [1.82, 2.24) is 0 Å². The Balaban J connectivity index is 2.29. The molecule has 0 N–H and O–H groups in total. The van der Waals surface area contributed by atoms with E-state index in [1.54, 1.807) is 7.11 Å². The molecule has 20 heavy (non-hydrogen) atoms. The zero-order chi connectivity index (χ0) is 14.7. The van der Waals surface area contributed by atoms with Gasteiger partial charge in [-0.25, -0.2) is 0 Å². The lowest BCUT2D eigenvalue weighted by molar-refractivity contribution is 0.0992. The van der Waals surface area contributed by atoms with Gasteiger partial charge in [-0.05, 0) is 36.4 Å². The molecule has 2 aromatic rings. The summed E-state index contributed by atoms with van der Waals surface area (Å²) in [5, 5.41) is 0. The lowest BCUT2D eigenvalue weighted by Crippen LogP contribution is -2.05. The quantitative estimate of drug-likeness (QED) is 0.568. The van der Waals surface area contributed by atoms with Gasteiger partial charge in [-0.1, -0.05) is 47.8 Å². The van der Waals surface area contributed by atoms with Crippen molar-refractivity contribution in [3.63, 3.8) is 0 Å². The molecule has 0 fully saturated rings. The second-order valence-corrected chi connectivity index (χ2v) is 6.96. The van der Waals surface area contributed by atoms with Crippen molar-refractivity contribution >= 4 is 53.6 Å². The highest BCUT2D eigenvalue weighted by atomic mass is 79.9. The summed E-state index contributed by atoms with van der Waals surface area (Å²) >= 11 is 10.2. The molecule has 0 heterocycles. The molecule has 0 aliphatic rings. The highest BCUT2D eigenvalue weighted by Crippen LogP contribution is 2.26. The van der Waals surface area contributed by atoms with Crippen molar-refractivity contribution in [2.24, 2.45) is 0 Å². The van der Waals surface area contributed by atoms with Gasteiger partial charge in [0.15, 0.2) is 5.78 Å². The summed E-state index contributed by atoms with van der Waals surface area (Å²) in [6.07, 6.45) is 0.297. The molecule has 0 unspecified atom stereocenters. The maximum absolute atomic E-state index is 12.4. The number of methoxy groups -OCH3 is 1. The summed E-state index contributed by atoms with van der Waals surface area (Å²) in [4.78, 5) is 12.4. The summed E-state index contributed by atoms with van der Waals surface area (Å²) in [5.74, 6) is 0.763. The number of hydrogen-bond donors (Lipinski definition) is 0. The fourth-order valence-corrected chi connectivity index (χ4v) is 3.58. The van der Waals surface area contributed by atoms with Crippen LogP contribution in [0.3, 0.4) is 0 Å². The predicted molar refractivity (Wildman–Crippen MR) is 90.6 cm³/mol. The van der Waals surface area contributed by atoms with E-state index >= 15 is 0 Å². The molecule has 0 aromatic heterocycles. The summed E-state index contributed by atoms with van der Waals surface area (Å²) < 4.78 is 7.96. The van der Waals surface area contributed by atoms with E-state index in [0.717, 1.165) is 24.7 Å². The van der Waals surface area contributed by atoms with E-state index in [9.17, 15) is 4.79 Å².